The third-order valence-electron chi connectivity index (χ3n) is 2.77. The van der Waals surface area contributed by atoms with E-state index in [0.29, 0.717) is 17.8 Å². The largest absolute Gasteiger partial charge is 0.573 e. The van der Waals surface area contributed by atoms with Crippen molar-refractivity contribution in [3.8, 4) is 5.75 Å². The molecule has 0 radical (unpaired) electrons. The van der Waals surface area contributed by atoms with E-state index >= 15 is 0 Å². The van der Waals surface area contributed by atoms with Crippen LogP contribution in [0.2, 0.25) is 0 Å². The zero-order chi connectivity index (χ0) is 14.2. The fourth-order valence-corrected chi connectivity index (χ4v) is 2.29. The first kappa shape index (κ1) is 14.0. The van der Waals surface area contributed by atoms with Crippen LogP contribution in [0.3, 0.4) is 0 Å². The lowest BCUT2D eigenvalue weighted by Gasteiger charge is -2.19. The molecule has 0 saturated carbocycles. The van der Waals surface area contributed by atoms with Gasteiger partial charge in [-0.25, -0.2) is 0 Å². The van der Waals surface area contributed by atoms with E-state index in [9.17, 15) is 18.0 Å². The number of aryl methyl sites for hydroxylation is 1. The van der Waals surface area contributed by atoms with Crippen LogP contribution in [0.25, 0.3) is 0 Å². The fourth-order valence-electron chi connectivity index (χ4n) is 2.02. The van der Waals surface area contributed by atoms with Crippen molar-refractivity contribution in [1.29, 1.82) is 0 Å². The van der Waals surface area contributed by atoms with Gasteiger partial charge in [-0.05, 0) is 30.7 Å². The molecule has 3 nitrogen and oxygen atoms in total. The lowest BCUT2D eigenvalue weighted by molar-refractivity contribution is -0.274. The van der Waals surface area contributed by atoms with Gasteiger partial charge in [0.15, 0.2) is 0 Å². The zero-order valence-corrected chi connectivity index (χ0v) is 10.8. The zero-order valence-electron chi connectivity index (χ0n) is 10.00. The molecule has 1 aromatic carbocycles. The molecule has 0 bridgehead atoms. The van der Waals surface area contributed by atoms with Gasteiger partial charge in [-0.2, -0.15) is 0 Å². The highest BCUT2D eigenvalue weighted by atomic mass is 35.5. The number of hydrogen-bond donors (Lipinski definition) is 0. The van der Waals surface area contributed by atoms with Gasteiger partial charge in [0.25, 0.3) is 0 Å². The molecule has 1 saturated heterocycles. The summed E-state index contributed by atoms with van der Waals surface area (Å²) >= 11 is 5.89. The molecule has 1 fully saturated rings. The van der Waals surface area contributed by atoms with Gasteiger partial charge in [0.05, 0.1) is 5.38 Å². The van der Waals surface area contributed by atoms with Crippen molar-refractivity contribution < 1.29 is 22.7 Å². The first-order valence-electron chi connectivity index (χ1n) is 5.57. The predicted molar refractivity (Wildman–Crippen MR) is 64.5 cm³/mol. The summed E-state index contributed by atoms with van der Waals surface area (Å²) in [6.45, 7) is 1.98. The molecule has 1 aliphatic rings. The summed E-state index contributed by atoms with van der Waals surface area (Å²) in [5.41, 5.74) is 1.09. The Bertz CT molecular complexity index is 504. The topological polar surface area (TPSA) is 29.5 Å². The van der Waals surface area contributed by atoms with Gasteiger partial charge < -0.3 is 9.64 Å². The minimum Gasteiger partial charge on any atom is -0.406 e. The molecule has 19 heavy (non-hydrogen) atoms. The molecule has 104 valence electrons. The number of alkyl halides is 4. The second kappa shape index (κ2) is 4.92. The summed E-state index contributed by atoms with van der Waals surface area (Å²) in [7, 11) is 0. The van der Waals surface area contributed by atoms with Crippen molar-refractivity contribution in [2.75, 3.05) is 11.4 Å². The van der Waals surface area contributed by atoms with E-state index < -0.39 is 6.36 Å². The lowest BCUT2D eigenvalue weighted by atomic mass is 10.1. The number of nitrogens with zero attached hydrogens (tertiary/aromatic N) is 1. The van der Waals surface area contributed by atoms with Crippen LogP contribution in [0.5, 0.6) is 5.75 Å². The fraction of sp³-hybridized carbons (Fsp3) is 0.417. The third kappa shape index (κ3) is 3.32. The normalized spacial score (nSPS) is 19.9. The second-order valence-corrected chi connectivity index (χ2v) is 4.92. The van der Waals surface area contributed by atoms with Gasteiger partial charge in [-0.3, -0.25) is 4.79 Å². The highest BCUT2D eigenvalue weighted by Gasteiger charge is 2.32. The number of anilines is 1. The molecule has 1 heterocycles. The summed E-state index contributed by atoms with van der Waals surface area (Å²) in [4.78, 5) is 13.2. The SMILES string of the molecule is Cc1cc(OC(F)(F)F)ccc1N1CC(Cl)CC1=O. The Morgan fingerprint density at radius 2 is 2.11 bits per heavy atom. The van der Waals surface area contributed by atoms with E-state index in [1.807, 2.05) is 0 Å². The van der Waals surface area contributed by atoms with Crippen LogP contribution in [0.1, 0.15) is 12.0 Å². The molecule has 1 atom stereocenters. The van der Waals surface area contributed by atoms with Gasteiger partial charge in [-0.15, -0.1) is 24.8 Å². The Hall–Kier alpha value is -1.43. The third-order valence-corrected chi connectivity index (χ3v) is 3.06. The second-order valence-electron chi connectivity index (χ2n) is 4.30. The van der Waals surface area contributed by atoms with Crippen molar-refractivity contribution in [2.24, 2.45) is 0 Å². The number of ether oxygens (including phenoxy) is 1. The molecule has 2 rings (SSSR count). The minimum atomic E-state index is -4.72. The Morgan fingerprint density at radius 3 is 2.58 bits per heavy atom. The van der Waals surface area contributed by atoms with E-state index in [2.05, 4.69) is 4.74 Å². The number of carbonyl (C=O) groups is 1. The van der Waals surface area contributed by atoms with Crippen LogP contribution in [-0.4, -0.2) is 24.2 Å². The van der Waals surface area contributed by atoms with E-state index in [-0.39, 0.29) is 23.5 Å². The number of rotatable bonds is 2. The van der Waals surface area contributed by atoms with Crippen molar-refractivity contribution >= 4 is 23.2 Å². The van der Waals surface area contributed by atoms with Gasteiger partial charge in [0.2, 0.25) is 5.91 Å². The average Bonchev–Trinajstić information content (AvgIpc) is 2.55. The number of carbonyl (C=O) groups excluding carboxylic acids is 1. The Labute approximate surface area is 112 Å². The van der Waals surface area contributed by atoms with E-state index in [1.165, 1.54) is 23.1 Å². The Morgan fingerprint density at radius 1 is 1.42 bits per heavy atom. The molecule has 0 aromatic heterocycles. The van der Waals surface area contributed by atoms with Crippen molar-refractivity contribution in [2.45, 2.75) is 25.1 Å². The number of benzene rings is 1. The van der Waals surface area contributed by atoms with Gasteiger partial charge in [0, 0.05) is 18.7 Å². The summed E-state index contributed by atoms with van der Waals surface area (Å²) < 4.78 is 40.1. The average molecular weight is 294 g/mol. The maximum atomic E-state index is 12.1. The van der Waals surface area contributed by atoms with Crippen molar-refractivity contribution in [3.63, 3.8) is 0 Å². The van der Waals surface area contributed by atoms with Gasteiger partial charge in [0.1, 0.15) is 5.75 Å². The van der Waals surface area contributed by atoms with Gasteiger partial charge in [-0.1, -0.05) is 0 Å². The molecular formula is C12H11ClF3NO2. The smallest absolute Gasteiger partial charge is 0.406 e. The summed E-state index contributed by atoms with van der Waals surface area (Å²) in [6.07, 6.45) is -4.49. The number of amides is 1. The van der Waals surface area contributed by atoms with Crippen molar-refractivity contribution in [1.82, 2.24) is 0 Å². The van der Waals surface area contributed by atoms with Crippen LogP contribution in [0.4, 0.5) is 18.9 Å². The quantitative estimate of drug-likeness (QED) is 0.784. The minimum absolute atomic E-state index is 0.132. The Kier molecular flexibility index (Phi) is 3.62. The summed E-state index contributed by atoms with van der Waals surface area (Å²) in [6, 6.07) is 3.87. The van der Waals surface area contributed by atoms with Gasteiger partial charge >= 0.3 is 6.36 Å². The number of halogens is 4. The molecule has 0 aliphatic carbocycles. The van der Waals surface area contributed by atoms with Crippen molar-refractivity contribution in [3.05, 3.63) is 23.8 Å². The molecule has 0 N–H and O–H groups in total. The maximum Gasteiger partial charge on any atom is 0.573 e. The van der Waals surface area contributed by atoms with Crippen LogP contribution in [0.15, 0.2) is 18.2 Å². The standard InChI is InChI=1S/C12H11ClF3NO2/c1-7-4-9(19-12(14,15)16)2-3-10(7)17-6-8(13)5-11(17)18/h2-4,8H,5-6H2,1H3. The Balaban J connectivity index is 2.22. The summed E-state index contributed by atoms with van der Waals surface area (Å²) in [5, 5.41) is -0.266. The molecule has 7 heteroatoms. The van der Waals surface area contributed by atoms with Crippen LogP contribution in [-0.2, 0) is 4.79 Å². The van der Waals surface area contributed by atoms with E-state index in [1.54, 1.807) is 6.92 Å². The molecular weight excluding hydrogens is 283 g/mol. The van der Waals surface area contributed by atoms with Crippen LogP contribution >= 0.6 is 11.6 Å². The first-order valence-corrected chi connectivity index (χ1v) is 6.01. The highest BCUT2D eigenvalue weighted by Crippen LogP contribution is 2.31. The summed E-state index contributed by atoms with van der Waals surface area (Å²) in [5.74, 6) is -0.435. The van der Waals surface area contributed by atoms with E-state index in [0.717, 1.165) is 0 Å². The molecule has 1 amide bonds. The van der Waals surface area contributed by atoms with Crippen LogP contribution in [0, 0.1) is 6.92 Å². The molecule has 0 spiro atoms. The molecule has 1 unspecified atom stereocenters. The molecule has 1 aromatic rings. The van der Waals surface area contributed by atoms with Crippen LogP contribution < -0.4 is 9.64 Å². The lowest BCUT2D eigenvalue weighted by Crippen LogP contribution is -2.25. The maximum absolute atomic E-state index is 12.1. The molecule has 1 aliphatic heterocycles. The van der Waals surface area contributed by atoms with E-state index in [4.69, 9.17) is 11.6 Å². The number of hydrogen-bond acceptors (Lipinski definition) is 2. The first-order chi connectivity index (χ1) is 8.76. The highest BCUT2D eigenvalue weighted by molar-refractivity contribution is 6.24. The monoisotopic (exact) mass is 293 g/mol. The predicted octanol–water partition coefficient (Wildman–Crippen LogP) is 3.24.